The van der Waals surface area contributed by atoms with Crippen LogP contribution in [0.1, 0.15) is 16.0 Å². The van der Waals surface area contributed by atoms with Crippen LogP contribution in [0.2, 0.25) is 10.0 Å². The molecule has 1 atom stereocenters. The van der Waals surface area contributed by atoms with Crippen molar-refractivity contribution in [3.8, 4) is 5.75 Å². The summed E-state index contributed by atoms with van der Waals surface area (Å²) in [6.45, 7) is 0. The van der Waals surface area contributed by atoms with Gasteiger partial charge in [-0.2, -0.15) is 0 Å². The Morgan fingerprint density at radius 2 is 1.67 bits per heavy atom. The zero-order valence-corrected chi connectivity index (χ0v) is 13.7. The average Bonchev–Trinajstić information content (AvgIpc) is 2.46. The topological polar surface area (TPSA) is 9.23 Å². The Morgan fingerprint density at radius 1 is 1.00 bits per heavy atom. The predicted octanol–water partition coefficient (Wildman–Crippen LogP) is 5.90. The molecule has 0 saturated carbocycles. The lowest BCUT2D eigenvalue weighted by Gasteiger charge is -2.15. The van der Waals surface area contributed by atoms with E-state index in [2.05, 4.69) is 15.9 Å². The van der Waals surface area contributed by atoms with E-state index >= 15 is 0 Å². The molecule has 2 aromatic carbocycles. The monoisotopic (exact) mass is 398 g/mol. The second-order valence-corrected chi connectivity index (χ2v) is 5.87. The molecule has 0 radical (unpaired) electrons. The molecule has 0 aliphatic rings. The maximum absolute atomic E-state index is 13.8. The lowest BCUT2D eigenvalue weighted by atomic mass is 10.0. The van der Waals surface area contributed by atoms with E-state index in [1.807, 2.05) is 0 Å². The summed E-state index contributed by atoms with van der Waals surface area (Å²) in [6, 6.07) is 4.93. The Hall–Kier alpha value is -0.910. The fourth-order valence-corrected chi connectivity index (χ4v) is 3.17. The van der Waals surface area contributed by atoms with Gasteiger partial charge in [-0.15, -0.1) is 0 Å². The van der Waals surface area contributed by atoms with Crippen LogP contribution in [0, 0.1) is 17.5 Å². The third kappa shape index (κ3) is 3.15. The molecule has 2 aromatic rings. The Morgan fingerprint density at radius 3 is 2.29 bits per heavy atom. The molecule has 2 rings (SSSR count). The highest BCUT2D eigenvalue weighted by atomic mass is 79.9. The summed E-state index contributed by atoms with van der Waals surface area (Å²) in [5, 5.41) is 0.520. The summed E-state index contributed by atoms with van der Waals surface area (Å²) in [5.74, 6) is -3.71. The second-order valence-electron chi connectivity index (χ2n) is 4.14. The zero-order valence-electron chi connectivity index (χ0n) is 10.6. The van der Waals surface area contributed by atoms with Gasteiger partial charge in [0.1, 0.15) is 5.75 Å². The fourth-order valence-electron chi connectivity index (χ4n) is 1.80. The van der Waals surface area contributed by atoms with Crippen LogP contribution < -0.4 is 4.74 Å². The molecule has 0 spiro atoms. The van der Waals surface area contributed by atoms with Crippen molar-refractivity contribution in [2.24, 2.45) is 0 Å². The number of methoxy groups -OCH3 is 1. The first kappa shape index (κ1) is 16.5. The van der Waals surface area contributed by atoms with E-state index in [0.717, 1.165) is 12.1 Å². The van der Waals surface area contributed by atoms with Gasteiger partial charge in [-0.3, -0.25) is 0 Å². The van der Waals surface area contributed by atoms with Crippen LogP contribution in [0.4, 0.5) is 13.2 Å². The average molecular weight is 400 g/mol. The maximum atomic E-state index is 13.8. The van der Waals surface area contributed by atoms with Gasteiger partial charge in [0.15, 0.2) is 17.5 Å². The minimum absolute atomic E-state index is 0.0861. The van der Waals surface area contributed by atoms with Crippen LogP contribution in [0.15, 0.2) is 24.3 Å². The number of ether oxygens (including phenoxy) is 1. The quantitative estimate of drug-likeness (QED) is 0.461. The van der Waals surface area contributed by atoms with Crippen LogP contribution in [0.3, 0.4) is 0 Å². The second kappa shape index (κ2) is 6.46. The highest BCUT2D eigenvalue weighted by molar-refractivity contribution is 9.09. The van der Waals surface area contributed by atoms with Crippen molar-refractivity contribution in [1.29, 1.82) is 0 Å². The van der Waals surface area contributed by atoms with Crippen molar-refractivity contribution >= 4 is 39.1 Å². The molecule has 1 nitrogen and oxygen atoms in total. The molecule has 0 fully saturated rings. The van der Waals surface area contributed by atoms with Gasteiger partial charge >= 0.3 is 0 Å². The Kier molecular flexibility index (Phi) is 5.07. The lowest BCUT2D eigenvalue weighted by molar-refractivity contribution is 0.415. The van der Waals surface area contributed by atoms with Crippen LogP contribution >= 0.6 is 39.1 Å². The minimum atomic E-state index is -1.53. The van der Waals surface area contributed by atoms with Gasteiger partial charge in [0.25, 0.3) is 0 Å². The van der Waals surface area contributed by atoms with Crippen LogP contribution in [-0.4, -0.2) is 7.11 Å². The van der Waals surface area contributed by atoms with Gasteiger partial charge in [0.05, 0.1) is 17.0 Å². The number of alkyl halides is 1. The van der Waals surface area contributed by atoms with Crippen LogP contribution in [-0.2, 0) is 0 Å². The molecule has 0 aliphatic heterocycles. The van der Waals surface area contributed by atoms with Crippen LogP contribution in [0.25, 0.3) is 0 Å². The summed E-state index contributed by atoms with van der Waals surface area (Å²) in [6.07, 6.45) is 0. The van der Waals surface area contributed by atoms with Gasteiger partial charge in [-0.1, -0.05) is 45.2 Å². The van der Waals surface area contributed by atoms with Gasteiger partial charge in [0, 0.05) is 16.7 Å². The highest BCUT2D eigenvalue weighted by Crippen LogP contribution is 2.41. The molecular formula is C14H8BrCl2F3O. The first-order valence-electron chi connectivity index (χ1n) is 5.67. The standard InChI is InChI=1S/C14H8BrCl2F3O/c1-21-11-5-8(16)7(4-9(11)17)12(15)6-2-3-10(18)14(20)13(6)19/h2-5,12H,1H3. The van der Waals surface area contributed by atoms with E-state index in [1.165, 1.54) is 19.2 Å². The summed E-state index contributed by atoms with van der Waals surface area (Å²) in [4.78, 5) is -0.788. The van der Waals surface area contributed by atoms with Crippen molar-refractivity contribution in [2.45, 2.75) is 4.83 Å². The third-order valence-electron chi connectivity index (χ3n) is 2.88. The van der Waals surface area contributed by atoms with Gasteiger partial charge < -0.3 is 4.74 Å². The number of benzene rings is 2. The first-order valence-corrected chi connectivity index (χ1v) is 7.34. The summed E-state index contributed by atoms with van der Waals surface area (Å²) >= 11 is 15.3. The molecule has 0 N–H and O–H groups in total. The normalized spacial score (nSPS) is 12.3. The largest absolute Gasteiger partial charge is 0.495 e. The number of rotatable bonds is 3. The van der Waals surface area contributed by atoms with Crippen molar-refractivity contribution < 1.29 is 17.9 Å². The summed E-state index contributed by atoms with van der Waals surface area (Å²) in [7, 11) is 1.43. The summed E-state index contributed by atoms with van der Waals surface area (Å²) < 4.78 is 45.1. The molecule has 0 heterocycles. The lowest BCUT2D eigenvalue weighted by Crippen LogP contribution is -2.02. The SMILES string of the molecule is COc1cc(Cl)c(C(Br)c2ccc(F)c(F)c2F)cc1Cl. The maximum Gasteiger partial charge on any atom is 0.194 e. The zero-order chi connectivity index (χ0) is 15.7. The fraction of sp³-hybridized carbons (Fsp3) is 0.143. The first-order chi connectivity index (χ1) is 9.86. The van der Waals surface area contributed by atoms with Gasteiger partial charge in [0.2, 0.25) is 0 Å². The Balaban J connectivity index is 2.53. The number of hydrogen-bond acceptors (Lipinski definition) is 1. The van der Waals surface area contributed by atoms with Crippen molar-refractivity contribution in [3.63, 3.8) is 0 Å². The molecule has 0 aliphatic carbocycles. The highest BCUT2D eigenvalue weighted by Gasteiger charge is 2.23. The molecule has 0 amide bonds. The molecule has 1 unspecified atom stereocenters. The van der Waals surface area contributed by atoms with E-state index in [1.54, 1.807) is 0 Å². The summed E-state index contributed by atoms with van der Waals surface area (Å²) in [5.41, 5.74) is 0.324. The molecule has 0 saturated heterocycles. The smallest absolute Gasteiger partial charge is 0.194 e. The van der Waals surface area contributed by atoms with Crippen molar-refractivity contribution in [1.82, 2.24) is 0 Å². The predicted molar refractivity (Wildman–Crippen MR) is 80.1 cm³/mol. The van der Waals surface area contributed by atoms with Gasteiger partial charge in [-0.25, -0.2) is 13.2 Å². The number of halogens is 6. The molecule has 0 aromatic heterocycles. The van der Waals surface area contributed by atoms with E-state index in [0.29, 0.717) is 11.3 Å². The van der Waals surface area contributed by atoms with Crippen LogP contribution in [0.5, 0.6) is 5.75 Å². The molecular weight excluding hydrogens is 392 g/mol. The van der Waals surface area contributed by atoms with E-state index < -0.39 is 22.3 Å². The van der Waals surface area contributed by atoms with E-state index in [4.69, 9.17) is 27.9 Å². The minimum Gasteiger partial charge on any atom is -0.495 e. The molecule has 0 bridgehead atoms. The third-order valence-corrected chi connectivity index (χ3v) is 4.49. The van der Waals surface area contributed by atoms with E-state index in [-0.39, 0.29) is 15.6 Å². The Bertz CT molecular complexity index is 694. The number of hydrogen-bond donors (Lipinski definition) is 0. The molecule has 112 valence electrons. The van der Waals surface area contributed by atoms with Gasteiger partial charge in [-0.05, 0) is 17.7 Å². The van der Waals surface area contributed by atoms with E-state index in [9.17, 15) is 13.2 Å². The van der Waals surface area contributed by atoms with Crippen molar-refractivity contribution in [2.75, 3.05) is 7.11 Å². The van der Waals surface area contributed by atoms with Crippen molar-refractivity contribution in [3.05, 3.63) is 62.9 Å². The Labute approximate surface area is 137 Å². The molecule has 21 heavy (non-hydrogen) atoms. The molecule has 7 heteroatoms.